The Hall–Kier alpha value is -0.720. The molecule has 0 saturated carbocycles. The van der Waals surface area contributed by atoms with E-state index in [1.54, 1.807) is 6.92 Å². The van der Waals surface area contributed by atoms with Crippen molar-refractivity contribution in [2.45, 2.75) is 32.2 Å². The molecule has 1 atom stereocenters. The molecule has 1 heterocycles. The first kappa shape index (κ1) is 8.38. The van der Waals surface area contributed by atoms with Gasteiger partial charge in [0.2, 0.25) is 0 Å². The van der Waals surface area contributed by atoms with Crippen LogP contribution in [-0.4, -0.2) is 17.7 Å². The first-order valence-electron chi connectivity index (χ1n) is 3.73. The van der Waals surface area contributed by atoms with Gasteiger partial charge in [-0.15, -0.1) is 0 Å². The number of hydrogen-bond donors (Lipinski definition) is 1. The van der Waals surface area contributed by atoms with E-state index in [1.165, 1.54) is 0 Å². The molecule has 0 aliphatic carbocycles. The molecule has 0 aromatic heterocycles. The van der Waals surface area contributed by atoms with Gasteiger partial charge < -0.3 is 14.6 Å². The van der Waals surface area contributed by atoms with Crippen molar-refractivity contribution in [1.82, 2.24) is 0 Å². The lowest BCUT2D eigenvalue weighted by atomic mass is 10.2. The Kier molecular flexibility index (Phi) is 2.75. The van der Waals surface area contributed by atoms with E-state index in [9.17, 15) is 5.11 Å². The molecule has 11 heavy (non-hydrogen) atoms. The summed E-state index contributed by atoms with van der Waals surface area (Å²) in [5, 5.41) is 9.46. The van der Waals surface area contributed by atoms with Crippen LogP contribution in [0.1, 0.15) is 26.2 Å². The van der Waals surface area contributed by atoms with E-state index < -0.39 is 5.97 Å². The van der Waals surface area contributed by atoms with Crippen molar-refractivity contribution >= 4 is 0 Å². The van der Waals surface area contributed by atoms with Crippen LogP contribution in [0.3, 0.4) is 0 Å². The topological polar surface area (TPSA) is 38.7 Å². The third-order valence-electron chi connectivity index (χ3n) is 1.53. The second-order valence-electron chi connectivity index (χ2n) is 2.47. The molecule has 0 radical (unpaired) electrons. The maximum absolute atomic E-state index is 9.46. The number of aliphatic hydroxyl groups is 1. The predicted octanol–water partition coefficient (Wildman–Crippen LogP) is 0.830. The van der Waals surface area contributed by atoms with E-state index in [4.69, 9.17) is 9.47 Å². The Morgan fingerprint density at radius 2 is 2.36 bits per heavy atom. The van der Waals surface area contributed by atoms with Gasteiger partial charge in [-0.25, -0.2) is 0 Å². The normalized spacial score (nSPS) is 30.4. The summed E-state index contributed by atoms with van der Waals surface area (Å²) in [7, 11) is 0. The largest absolute Gasteiger partial charge is 0.387 e. The SMILES string of the molecule is CC#COC1(O)CCCCO1. The summed E-state index contributed by atoms with van der Waals surface area (Å²) in [5.41, 5.74) is 0. The number of ether oxygens (including phenoxy) is 2. The lowest BCUT2D eigenvalue weighted by molar-refractivity contribution is -0.348. The van der Waals surface area contributed by atoms with Crippen LogP contribution in [-0.2, 0) is 9.47 Å². The van der Waals surface area contributed by atoms with Gasteiger partial charge in [-0.1, -0.05) is 5.92 Å². The summed E-state index contributed by atoms with van der Waals surface area (Å²) in [6.45, 7) is 2.19. The molecular formula is C8H12O3. The van der Waals surface area contributed by atoms with E-state index in [1.807, 2.05) is 0 Å². The van der Waals surface area contributed by atoms with Gasteiger partial charge in [0.25, 0.3) is 0 Å². The van der Waals surface area contributed by atoms with Crippen molar-refractivity contribution < 1.29 is 14.6 Å². The van der Waals surface area contributed by atoms with Gasteiger partial charge in [-0.05, 0) is 12.8 Å². The van der Waals surface area contributed by atoms with Crippen LogP contribution >= 0.6 is 0 Å². The molecule has 0 aromatic carbocycles. The zero-order valence-electron chi connectivity index (χ0n) is 6.59. The van der Waals surface area contributed by atoms with E-state index in [0.717, 1.165) is 12.8 Å². The molecule has 0 bridgehead atoms. The van der Waals surface area contributed by atoms with Gasteiger partial charge in [0.05, 0.1) is 6.61 Å². The second-order valence-corrected chi connectivity index (χ2v) is 2.47. The summed E-state index contributed by atoms with van der Waals surface area (Å²) < 4.78 is 9.79. The van der Waals surface area contributed by atoms with Crippen LogP contribution in [0.15, 0.2) is 0 Å². The Bertz CT molecular complexity index is 172. The van der Waals surface area contributed by atoms with Gasteiger partial charge in [0.15, 0.2) is 0 Å². The molecule has 3 heteroatoms. The van der Waals surface area contributed by atoms with Crippen molar-refractivity contribution in [2.24, 2.45) is 0 Å². The van der Waals surface area contributed by atoms with Gasteiger partial charge in [-0.2, -0.15) is 0 Å². The molecule has 1 aliphatic heterocycles. The average molecular weight is 156 g/mol. The summed E-state index contributed by atoms with van der Waals surface area (Å²) >= 11 is 0. The summed E-state index contributed by atoms with van der Waals surface area (Å²) in [4.78, 5) is 0. The molecule has 3 nitrogen and oxygen atoms in total. The average Bonchev–Trinajstić information content (AvgIpc) is 2.03. The quantitative estimate of drug-likeness (QED) is 0.451. The zero-order valence-corrected chi connectivity index (χ0v) is 6.59. The molecule has 1 aliphatic rings. The molecule has 0 spiro atoms. The lowest BCUT2D eigenvalue weighted by Gasteiger charge is -2.28. The Morgan fingerprint density at radius 1 is 1.55 bits per heavy atom. The van der Waals surface area contributed by atoms with E-state index >= 15 is 0 Å². The van der Waals surface area contributed by atoms with Crippen LogP contribution in [0.2, 0.25) is 0 Å². The third kappa shape index (κ3) is 2.41. The third-order valence-corrected chi connectivity index (χ3v) is 1.53. The van der Waals surface area contributed by atoms with E-state index in [2.05, 4.69) is 12.0 Å². The van der Waals surface area contributed by atoms with Crippen molar-refractivity contribution in [3.63, 3.8) is 0 Å². The van der Waals surface area contributed by atoms with Gasteiger partial charge in [0, 0.05) is 13.3 Å². The van der Waals surface area contributed by atoms with Gasteiger partial charge in [-0.3, -0.25) is 0 Å². The molecule has 1 fully saturated rings. The lowest BCUT2D eigenvalue weighted by Crippen LogP contribution is -2.37. The monoisotopic (exact) mass is 156 g/mol. The van der Waals surface area contributed by atoms with Gasteiger partial charge in [0.1, 0.15) is 6.11 Å². The molecule has 1 unspecified atom stereocenters. The highest BCUT2D eigenvalue weighted by molar-refractivity contribution is 4.86. The summed E-state index contributed by atoms with van der Waals surface area (Å²) in [5.74, 6) is 1.08. The predicted molar refractivity (Wildman–Crippen MR) is 39.3 cm³/mol. The first-order valence-corrected chi connectivity index (χ1v) is 3.73. The first-order chi connectivity index (χ1) is 5.27. The van der Waals surface area contributed by atoms with Gasteiger partial charge >= 0.3 is 5.97 Å². The number of hydrogen-bond acceptors (Lipinski definition) is 3. The number of rotatable bonds is 1. The smallest absolute Gasteiger partial charge is 0.333 e. The molecule has 1 N–H and O–H groups in total. The Labute approximate surface area is 66.3 Å². The molecular weight excluding hydrogens is 144 g/mol. The molecule has 1 rings (SSSR count). The summed E-state index contributed by atoms with van der Waals surface area (Å²) in [6.07, 6.45) is 4.73. The fourth-order valence-electron chi connectivity index (χ4n) is 0.966. The standard InChI is InChI=1S/C8H12O3/c1-2-6-10-8(9)5-3-4-7-11-8/h9H,3-5,7H2,1H3. The Morgan fingerprint density at radius 3 is 2.91 bits per heavy atom. The van der Waals surface area contributed by atoms with Crippen molar-refractivity contribution in [1.29, 1.82) is 0 Å². The maximum Gasteiger partial charge on any atom is 0.333 e. The minimum atomic E-state index is -1.44. The fourth-order valence-corrected chi connectivity index (χ4v) is 0.966. The van der Waals surface area contributed by atoms with E-state index in [-0.39, 0.29) is 0 Å². The minimum absolute atomic E-state index is 0.502. The second kappa shape index (κ2) is 3.61. The highest BCUT2D eigenvalue weighted by atomic mass is 16.8. The summed E-state index contributed by atoms with van der Waals surface area (Å²) in [6, 6.07) is 0. The zero-order chi connectivity index (χ0) is 8.16. The molecule has 62 valence electrons. The molecule has 1 saturated heterocycles. The highest BCUT2D eigenvalue weighted by Crippen LogP contribution is 2.22. The minimum Gasteiger partial charge on any atom is -0.387 e. The highest BCUT2D eigenvalue weighted by Gasteiger charge is 2.32. The molecule has 0 aromatic rings. The fraction of sp³-hybridized carbons (Fsp3) is 0.750. The van der Waals surface area contributed by atoms with Crippen LogP contribution in [0, 0.1) is 12.0 Å². The van der Waals surface area contributed by atoms with Crippen LogP contribution in [0.4, 0.5) is 0 Å². The van der Waals surface area contributed by atoms with Crippen LogP contribution < -0.4 is 0 Å². The Balaban J connectivity index is 2.41. The van der Waals surface area contributed by atoms with Crippen LogP contribution in [0.25, 0.3) is 0 Å². The maximum atomic E-state index is 9.46. The van der Waals surface area contributed by atoms with Crippen molar-refractivity contribution in [3.8, 4) is 12.0 Å². The van der Waals surface area contributed by atoms with Crippen LogP contribution in [0.5, 0.6) is 0 Å². The molecule has 0 amide bonds. The van der Waals surface area contributed by atoms with E-state index in [0.29, 0.717) is 13.0 Å². The van der Waals surface area contributed by atoms with Crippen molar-refractivity contribution in [2.75, 3.05) is 6.61 Å². The van der Waals surface area contributed by atoms with Crippen molar-refractivity contribution in [3.05, 3.63) is 0 Å².